The average Bonchev–Trinajstić information content (AvgIpc) is 3.10. The van der Waals surface area contributed by atoms with Crippen LogP contribution in [0.1, 0.15) is 57.3 Å². The van der Waals surface area contributed by atoms with Crippen molar-refractivity contribution in [2.75, 3.05) is 6.54 Å². The van der Waals surface area contributed by atoms with Gasteiger partial charge in [0.25, 0.3) is 0 Å². The van der Waals surface area contributed by atoms with Crippen LogP contribution in [0.3, 0.4) is 0 Å². The summed E-state index contributed by atoms with van der Waals surface area (Å²) in [6.45, 7) is 6.25. The normalized spacial score (nSPS) is 12.6. The number of benzene rings is 1. The Balaban J connectivity index is 1.86. The number of rotatable bonds is 9. The van der Waals surface area contributed by atoms with Crippen LogP contribution in [0.4, 0.5) is 13.6 Å². The van der Waals surface area contributed by atoms with Gasteiger partial charge >= 0.3 is 6.09 Å². The van der Waals surface area contributed by atoms with E-state index >= 15 is 0 Å². The highest BCUT2D eigenvalue weighted by Crippen LogP contribution is 2.23. The quantitative estimate of drug-likeness (QED) is 0.612. The lowest BCUT2D eigenvalue weighted by Gasteiger charge is -2.20. The summed E-state index contributed by atoms with van der Waals surface area (Å²) in [5.74, 6) is -1.21. The van der Waals surface area contributed by atoms with Crippen LogP contribution in [0, 0.1) is 11.6 Å². The van der Waals surface area contributed by atoms with E-state index in [2.05, 4.69) is 15.6 Å². The van der Waals surface area contributed by atoms with Gasteiger partial charge in [-0.1, -0.05) is 6.07 Å². The summed E-state index contributed by atoms with van der Waals surface area (Å²) < 4.78 is 37.6. The third kappa shape index (κ3) is 7.64. The van der Waals surface area contributed by atoms with E-state index in [-0.39, 0.29) is 6.04 Å². The van der Waals surface area contributed by atoms with Crippen molar-refractivity contribution in [1.82, 2.24) is 15.6 Å². The first-order valence-electron chi connectivity index (χ1n) is 9.27. The van der Waals surface area contributed by atoms with Gasteiger partial charge in [-0.15, -0.1) is 0 Å². The molecule has 154 valence electrons. The number of carbonyl (C=O) groups excluding carboxylic acids is 1. The standard InChI is InChI=1S/C20H27F2N3O3/c1-20(2,3)28-19(26)23-9-5-4-6-18(24-11-15-12-27-13-25-15)16-8-7-14(21)10-17(16)22/h7-8,10,12-13,18,24H,4-6,9,11H2,1-3H3,(H,23,26)/t18-/m0/s1. The van der Waals surface area contributed by atoms with Crippen molar-refractivity contribution in [3.63, 3.8) is 0 Å². The van der Waals surface area contributed by atoms with E-state index in [1.165, 1.54) is 24.8 Å². The minimum atomic E-state index is -0.613. The Morgan fingerprint density at radius 1 is 1.29 bits per heavy atom. The molecule has 0 bridgehead atoms. The number of carbonyl (C=O) groups is 1. The summed E-state index contributed by atoms with van der Waals surface area (Å²) in [4.78, 5) is 15.7. The van der Waals surface area contributed by atoms with Crippen LogP contribution in [0.2, 0.25) is 0 Å². The van der Waals surface area contributed by atoms with Crippen LogP contribution in [0.15, 0.2) is 35.3 Å². The van der Waals surface area contributed by atoms with Crippen molar-refractivity contribution in [1.29, 1.82) is 0 Å². The number of halogens is 2. The lowest BCUT2D eigenvalue weighted by atomic mass is 10.00. The van der Waals surface area contributed by atoms with Crippen molar-refractivity contribution in [2.24, 2.45) is 0 Å². The number of hydrogen-bond acceptors (Lipinski definition) is 5. The smallest absolute Gasteiger partial charge is 0.407 e. The third-order valence-electron chi connectivity index (χ3n) is 3.94. The van der Waals surface area contributed by atoms with Gasteiger partial charge in [0.1, 0.15) is 23.5 Å². The van der Waals surface area contributed by atoms with Crippen LogP contribution >= 0.6 is 0 Å². The lowest BCUT2D eigenvalue weighted by molar-refractivity contribution is 0.0527. The largest absolute Gasteiger partial charge is 0.451 e. The number of aromatic nitrogens is 1. The molecule has 1 aromatic heterocycles. The van der Waals surface area contributed by atoms with Gasteiger partial charge in [0, 0.05) is 30.8 Å². The summed E-state index contributed by atoms with van der Waals surface area (Å²) in [5.41, 5.74) is 0.546. The number of nitrogens with zero attached hydrogens (tertiary/aromatic N) is 1. The summed E-state index contributed by atoms with van der Waals surface area (Å²) in [7, 11) is 0. The molecule has 0 unspecified atom stereocenters. The monoisotopic (exact) mass is 395 g/mol. The Kier molecular flexibility index (Phi) is 7.92. The molecule has 6 nitrogen and oxygen atoms in total. The van der Waals surface area contributed by atoms with Crippen LogP contribution in [0.5, 0.6) is 0 Å². The van der Waals surface area contributed by atoms with Gasteiger partial charge in [0.15, 0.2) is 6.39 Å². The number of amides is 1. The first-order valence-corrected chi connectivity index (χ1v) is 9.27. The first kappa shape index (κ1) is 21.8. The molecule has 1 atom stereocenters. The van der Waals surface area contributed by atoms with E-state index in [1.807, 2.05) is 0 Å². The Morgan fingerprint density at radius 3 is 2.71 bits per heavy atom. The highest BCUT2D eigenvalue weighted by Gasteiger charge is 2.17. The molecule has 1 heterocycles. The van der Waals surface area contributed by atoms with Crippen LogP contribution in [-0.2, 0) is 11.3 Å². The van der Waals surface area contributed by atoms with Crippen molar-refractivity contribution in [3.8, 4) is 0 Å². The Hall–Kier alpha value is -2.48. The summed E-state index contributed by atoms with van der Waals surface area (Å²) in [6, 6.07) is 3.25. The highest BCUT2D eigenvalue weighted by atomic mass is 19.1. The third-order valence-corrected chi connectivity index (χ3v) is 3.94. The van der Waals surface area contributed by atoms with Gasteiger partial charge in [-0.2, -0.15) is 0 Å². The van der Waals surface area contributed by atoms with E-state index < -0.39 is 23.3 Å². The molecule has 2 N–H and O–H groups in total. The van der Waals surface area contributed by atoms with Gasteiger partial charge in [-0.05, 0) is 46.1 Å². The number of nitrogens with one attached hydrogen (secondary N) is 2. The topological polar surface area (TPSA) is 76.4 Å². The van der Waals surface area contributed by atoms with Gasteiger partial charge in [-0.3, -0.25) is 0 Å². The fourth-order valence-electron chi connectivity index (χ4n) is 2.68. The van der Waals surface area contributed by atoms with E-state index in [1.54, 1.807) is 20.8 Å². The van der Waals surface area contributed by atoms with Gasteiger partial charge in [0.2, 0.25) is 0 Å². The molecule has 0 radical (unpaired) electrons. The number of alkyl carbamates (subject to hydrolysis) is 1. The summed E-state index contributed by atoms with van der Waals surface area (Å²) >= 11 is 0. The summed E-state index contributed by atoms with van der Waals surface area (Å²) in [6.07, 6.45) is 4.41. The zero-order valence-corrected chi connectivity index (χ0v) is 16.4. The van der Waals surface area contributed by atoms with E-state index in [9.17, 15) is 13.6 Å². The predicted octanol–water partition coefficient (Wildman–Crippen LogP) is 4.48. The molecule has 1 aromatic carbocycles. The molecule has 0 fully saturated rings. The van der Waals surface area contributed by atoms with Crippen molar-refractivity contribution in [2.45, 2.75) is 58.2 Å². The number of hydrogen-bond donors (Lipinski definition) is 2. The zero-order chi connectivity index (χ0) is 20.6. The van der Waals surface area contributed by atoms with Crippen molar-refractivity contribution in [3.05, 3.63) is 53.7 Å². The molecule has 0 spiro atoms. The fraction of sp³-hybridized carbons (Fsp3) is 0.500. The van der Waals surface area contributed by atoms with Crippen molar-refractivity contribution >= 4 is 6.09 Å². The van der Waals surface area contributed by atoms with Crippen LogP contribution in [-0.4, -0.2) is 23.2 Å². The maximum atomic E-state index is 14.2. The first-order chi connectivity index (χ1) is 13.2. The van der Waals surface area contributed by atoms with Crippen LogP contribution < -0.4 is 10.6 Å². The predicted molar refractivity (Wildman–Crippen MR) is 101 cm³/mol. The van der Waals surface area contributed by atoms with Crippen LogP contribution in [0.25, 0.3) is 0 Å². The highest BCUT2D eigenvalue weighted by molar-refractivity contribution is 5.67. The Bertz CT molecular complexity index is 746. The van der Waals surface area contributed by atoms with E-state index in [0.29, 0.717) is 37.2 Å². The van der Waals surface area contributed by atoms with E-state index in [0.717, 1.165) is 12.5 Å². The molecule has 2 aromatic rings. The SMILES string of the molecule is CC(C)(C)OC(=O)NCCCC[C@H](NCc1cocn1)c1ccc(F)cc1F. The van der Waals surface area contributed by atoms with Crippen molar-refractivity contribution < 1.29 is 22.7 Å². The Morgan fingerprint density at radius 2 is 2.07 bits per heavy atom. The van der Waals surface area contributed by atoms with Gasteiger partial charge < -0.3 is 19.8 Å². The van der Waals surface area contributed by atoms with Gasteiger partial charge in [0.05, 0.1) is 5.69 Å². The summed E-state index contributed by atoms with van der Waals surface area (Å²) in [5, 5.41) is 5.93. The average molecular weight is 395 g/mol. The molecule has 1 amide bonds. The second-order valence-corrected chi connectivity index (χ2v) is 7.50. The zero-order valence-electron chi connectivity index (χ0n) is 16.4. The second-order valence-electron chi connectivity index (χ2n) is 7.50. The second kappa shape index (κ2) is 10.2. The molecule has 28 heavy (non-hydrogen) atoms. The lowest BCUT2D eigenvalue weighted by Crippen LogP contribution is -2.33. The fourth-order valence-corrected chi connectivity index (χ4v) is 2.68. The maximum absolute atomic E-state index is 14.2. The molecule has 0 aliphatic carbocycles. The molecule has 0 aliphatic rings. The van der Waals surface area contributed by atoms with Gasteiger partial charge in [-0.25, -0.2) is 18.6 Å². The molecular formula is C20H27F2N3O3. The molecule has 0 aliphatic heterocycles. The molecule has 0 saturated carbocycles. The number of unbranched alkanes of at least 4 members (excludes halogenated alkanes) is 1. The molecule has 8 heteroatoms. The number of ether oxygens (including phenoxy) is 1. The van der Waals surface area contributed by atoms with E-state index in [4.69, 9.17) is 9.15 Å². The molecular weight excluding hydrogens is 368 g/mol. The Labute approximate surface area is 163 Å². The minimum absolute atomic E-state index is 0.321. The molecule has 0 saturated heterocycles. The maximum Gasteiger partial charge on any atom is 0.407 e. The minimum Gasteiger partial charge on any atom is -0.451 e. The number of oxazole rings is 1. The molecule has 2 rings (SSSR count).